The zero-order valence-electron chi connectivity index (χ0n) is 14.1. The predicted octanol–water partition coefficient (Wildman–Crippen LogP) is 3.34. The van der Waals surface area contributed by atoms with E-state index in [9.17, 15) is 9.90 Å². The van der Waals surface area contributed by atoms with Crippen molar-refractivity contribution in [1.82, 2.24) is 9.88 Å². The van der Waals surface area contributed by atoms with Crippen LogP contribution in [-0.2, 0) is 0 Å². The van der Waals surface area contributed by atoms with Crippen LogP contribution in [0, 0.1) is 5.92 Å². The maximum absolute atomic E-state index is 13.0. The molecule has 1 saturated carbocycles. The molecule has 2 aromatic heterocycles. The van der Waals surface area contributed by atoms with E-state index in [1.807, 2.05) is 30.3 Å². The maximum Gasteiger partial charge on any atom is 0.254 e. The fourth-order valence-electron chi connectivity index (χ4n) is 3.10. The standard InChI is InChI=1S/C20H20N2O3/c1-22(12-18(23)13-8-9-13)20(24)15-11-17(19-7-4-10-25-19)21-16-6-3-2-5-14(15)16/h2-7,10-11,13,18,23H,8-9,12H2,1H3. The van der Waals surface area contributed by atoms with Crippen LogP contribution >= 0.6 is 0 Å². The number of likely N-dealkylation sites (N-methyl/N-ethyl adjacent to an activating group) is 1. The highest BCUT2D eigenvalue weighted by molar-refractivity contribution is 6.07. The zero-order valence-corrected chi connectivity index (χ0v) is 14.1. The summed E-state index contributed by atoms with van der Waals surface area (Å²) >= 11 is 0. The molecular weight excluding hydrogens is 316 g/mol. The average molecular weight is 336 g/mol. The first-order valence-electron chi connectivity index (χ1n) is 8.50. The van der Waals surface area contributed by atoms with Gasteiger partial charge in [0.2, 0.25) is 0 Å². The number of carbonyl (C=O) groups excluding carboxylic acids is 1. The smallest absolute Gasteiger partial charge is 0.254 e. The first-order chi connectivity index (χ1) is 12.1. The van der Waals surface area contributed by atoms with Gasteiger partial charge in [-0.05, 0) is 43.0 Å². The number of para-hydroxylation sites is 1. The maximum atomic E-state index is 13.0. The molecule has 0 saturated heterocycles. The Hall–Kier alpha value is -2.66. The van der Waals surface area contributed by atoms with Gasteiger partial charge in [0.05, 0.1) is 23.4 Å². The Labute approximate surface area is 145 Å². The number of amides is 1. The van der Waals surface area contributed by atoms with E-state index < -0.39 is 6.10 Å². The number of fused-ring (bicyclic) bond motifs is 1. The number of hydrogen-bond donors (Lipinski definition) is 1. The van der Waals surface area contributed by atoms with Crippen LogP contribution in [0.4, 0.5) is 0 Å². The summed E-state index contributed by atoms with van der Waals surface area (Å²) in [5.74, 6) is 0.842. The van der Waals surface area contributed by atoms with Gasteiger partial charge in [0, 0.05) is 19.0 Å². The third kappa shape index (κ3) is 3.15. The summed E-state index contributed by atoms with van der Waals surface area (Å²) in [7, 11) is 1.73. The van der Waals surface area contributed by atoms with Crippen LogP contribution in [0.15, 0.2) is 53.1 Å². The van der Waals surface area contributed by atoms with Crippen molar-refractivity contribution in [3.05, 3.63) is 54.3 Å². The van der Waals surface area contributed by atoms with E-state index in [4.69, 9.17) is 4.42 Å². The van der Waals surface area contributed by atoms with E-state index in [2.05, 4.69) is 4.98 Å². The van der Waals surface area contributed by atoms with Crippen LogP contribution in [0.5, 0.6) is 0 Å². The fourth-order valence-corrected chi connectivity index (χ4v) is 3.10. The van der Waals surface area contributed by atoms with Gasteiger partial charge in [0.1, 0.15) is 5.69 Å². The second kappa shape index (κ2) is 6.33. The summed E-state index contributed by atoms with van der Waals surface area (Å²) in [6, 6.07) is 13.0. The van der Waals surface area contributed by atoms with E-state index in [1.165, 1.54) is 0 Å². The summed E-state index contributed by atoms with van der Waals surface area (Å²) in [6.45, 7) is 0.343. The van der Waals surface area contributed by atoms with Crippen molar-refractivity contribution in [2.24, 2.45) is 5.92 Å². The summed E-state index contributed by atoms with van der Waals surface area (Å²) < 4.78 is 5.44. The fraction of sp³-hybridized carbons (Fsp3) is 0.300. The quantitative estimate of drug-likeness (QED) is 0.776. The molecule has 0 radical (unpaired) electrons. The number of aromatic nitrogens is 1. The Kier molecular flexibility index (Phi) is 4.01. The summed E-state index contributed by atoms with van der Waals surface area (Å²) in [5, 5.41) is 11.0. The van der Waals surface area contributed by atoms with Crippen LogP contribution in [0.2, 0.25) is 0 Å². The van der Waals surface area contributed by atoms with E-state index in [1.54, 1.807) is 30.3 Å². The van der Waals surface area contributed by atoms with Crippen molar-refractivity contribution in [3.8, 4) is 11.5 Å². The molecule has 4 rings (SSSR count). The molecule has 5 nitrogen and oxygen atoms in total. The molecule has 1 aliphatic rings. The first kappa shape index (κ1) is 15.8. The minimum atomic E-state index is -0.452. The molecule has 1 fully saturated rings. The van der Waals surface area contributed by atoms with Crippen molar-refractivity contribution in [3.63, 3.8) is 0 Å². The number of benzene rings is 1. The molecule has 1 aliphatic carbocycles. The number of aliphatic hydroxyl groups excluding tert-OH is 1. The van der Waals surface area contributed by atoms with Crippen molar-refractivity contribution in [2.75, 3.05) is 13.6 Å². The van der Waals surface area contributed by atoms with Gasteiger partial charge >= 0.3 is 0 Å². The van der Waals surface area contributed by atoms with Gasteiger partial charge in [0.25, 0.3) is 5.91 Å². The second-order valence-corrected chi connectivity index (χ2v) is 6.64. The van der Waals surface area contributed by atoms with E-state index in [-0.39, 0.29) is 5.91 Å². The number of aliphatic hydroxyl groups is 1. The normalized spacial score (nSPS) is 15.3. The van der Waals surface area contributed by atoms with Crippen molar-refractivity contribution >= 4 is 16.8 Å². The molecule has 3 aromatic rings. The zero-order chi connectivity index (χ0) is 17.4. The second-order valence-electron chi connectivity index (χ2n) is 6.64. The largest absolute Gasteiger partial charge is 0.463 e. The lowest BCUT2D eigenvalue weighted by Crippen LogP contribution is -2.35. The van der Waals surface area contributed by atoms with Gasteiger partial charge in [-0.15, -0.1) is 0 Å². The molecule has 25 heavy (non-hydrogen) atoms. The predicted molar refractivity (Wildman–Crippen MR) is 95.1 cm³/mol. The molecule has 0 bridgehead atoms. The topological polar surface area (TPSA) is 66.6 Å². The Balaban J connectivity index is 1.72. The van der Waals surface area contributed by atoms with Crippen LogP contribution in [0.1, 0.15) is 23.2 Å². The molecule has 0 spiro atoms. The van der Waals surface area contributed by atoms with Crippen LogP contribution < -0.4 is 0 Å². The number of nitrogens with zero attached hydrogens (tertiary/aromatic N) is 2. The highest BCUT2D eigenvalue weighted by atomic mass is 16.3. The highest BCUT2D eigenvalue weighted by Gasteiger charge is 2.31. The molecule has 1 aromatic carbocycles. The number of hydrogen-bond acceptors (Lipinski definition) is 4. The number of furan rings is 1. The molecule has 1 unspecified atom stereocenters. The SMILES string of the molecule is CN(CC(O)C1CC1)C(=O)c1cc(-c2ccco2)nc2ccccc12. The summed E-state index contributed by atoms with van der Waals surface area (Å²) in [5.41, 5.74) is 1.95. The van der Waals surface area contributed by atoms with Crippen LogP contribution in [0.3, 0.4) is 0 Å². The molecule has 128 valence electrons. The highest BCUT2D eigenvalue weighted by Crippen LogP contribution is 2.33. The van der Waals surface area contributed by atoms with Gasteiger partial charge in [-0.25, -0.2) is 4.98 Å². The molecular formula is C20H20N2O3. The number of rotatable bonds is 5. The molecule has 0 aliphatic heterocycles. The number of pyridine rings is 1. The number of carbonyl (C=O) groups is 1. The van der Waals surface area contributed by atoms with Crippen molar-refractivity contribution in [2.45, 2.75) is 18.9 Å². The average Bonchev–Trinajstić information content (AvgIpc) is 3.34. The van der Waals surface area contributed by atoms with Crippen molar-refractivity contribution < 1.29 is 14.3 Å². The molecule has 2 heterocycles. The first-order valence-corrected chi connectivity index (χ1v) is 8.50. The minimum absolute atomic E-state index is 0.119. The monoisotopic (exact) mass is 336 g/mol. The lowest BCUT2D eigenvalue weighted by molar-refractivity contribution is 0.0647. The third-order valence-corrected chi connectivity index (χ3v) is 4.69. The third-order valence-electron chi connectivity index (χ3n) is 4.69. The van der Waals surface area contributed by atoms with E-state index in [0.717, 1.165) is 23.7 Å². The van der Waals surface area contributed by atoms with Crippen LogP contribution in [-0.4, -0.2) is 40.6 Å². The minimum Gasteiger partial charge on any atom is -0.463 e. The van der Waals surface area contributed by atoms with Gasteiger partial charge in [-0.3, -0.25) is 4.79 Å². The summed E-state index contributed by atoms with van der Waals surface area (Å²) in [4.78, 5) is 19.2. The molecule has 1 N–H and O–H groups in total. The molecule has 1 amide bonds. The van der Waals surface area contributed by atoms with Gasteiger partial charge in [0.15, 0.2) is 5.76 Å². The van der Waals surface area contributed by atoms with Gasteiger partial charge in [-0.1, -0.05) is 18.2 Å². The Morgan fingerprint density at radius 1 is 1.32 bits per heavy atom. The van der Waals surface area contributed by atoms with Gasteiger partial charge < -0.3 is 14.4 Å². The Bertz CT molecular complexity index is 900. The Morgan fingerprint density at radius 2 is 2.12 bits per heavy atom. The van der Waals surface area contributed by atoms with Gasteiger partial charge in [-0.2, -0.15) is 0 Å². The van der Waals surface area contributed by atoms with E-state index in [0.29, 0.717) is 29.5 Å². The van der Waals surface area contributed by atoms with E-state index >= 15 is 0 Å². The molecule has 1 atom stereocenters. The summed E-state index contributed by atoms with van der Waals surface area (Å²) in [6.07, 6.45) is 3.23. The van der Waals surface area contributed by atoms with Crippen molar-refractivity contribution in [1.29, 1.82) is 0 Å². The van der Waals surface area contributed by atoms with Crippen LogP contribution in [0.25, 0.3) is 22.4 Å². The lowest BCUT2D eigenvalue weighted by atomic mass is 10.1. The molecule has 5 heteroatoms. The Morgan fingerprint density at radius 3 is 2.84 bits per heavy atom. The lowest BCUT2D eigenvalue weighted by Gasteiger charge is -2.21.